The SMILES string of the molecule is C#CCOc1cc(-n2nc3n(c2=O)CCCC3)c(Cl)cc1Cl.COc1nc(C)nc(N(C)C(=O)NS(=O)(=O)c2ccccc2C(=O)O)n1. The van der Waals surface area contributed by atoms with E-state index in [9.17, 15) is 22.8 Å². The van der Waals surface area contributed by atoms with Crippen molar-refractivity contribution in [1.29, 1.82) is 0 Å². The summed E-state index contributed by atoms with van der Waals surface area (Å²) in [6.45, 7) is 2.30. The number of carbonyl (C=O) groups is 2. The van der Waals surface area contributed by atoms with Crippen LogP contribution in [0.15, 0.2) is 46.1 Å². The number of sulfonamides is 1. The summed E-state index contributed by atoms with van der Waals surface area (Å²) in [5.41, 5.74) is -0.236. The number of hydrogen-bond donors (Lipinski definition) is 2. The number of carboxylic acids is 1. The van der Waals surface area contributed by atoms with E-state index < -0.39 is 32.5 Å². The quantitative estimate of drug-likeness (QED) is 0.253. The third-order valence-electron chi connectivity index (χ3n) is 6.64. The summed E-state index contributed by atoms with van der Waals surface area (Å²) in [5.74, 6) is 2.18. The van der Waals surface area contributed by atoms with Crippen molar-refractivity contribution >= 4 is 51.2 Å². The topological polar surface area (TPSA) is 201 Å². The second-order valence-corrected chi connectivity index (χ2v) is 12.4. The predicted molar refractivity (Wildman–Crippen MR) is 174 cm³/mol. The monoisotopic (exact) mass is 718 g/mol. The summed E-state index contributed by atoms with van der Waals surface area (Å²) in [4.78, 5) is 47.9. The van der Waals surface area contributed by atoms with Gasteiger partial charge in [-0.05, 0) is 38.0 Å². The zero-order chi connectivity index (χ0) is 35.2. The summed E-state index contributed by atoms with van der Waals surface area (Å²) in [7, 11) is -1.87. The molecule has 2 amide bonds. The van der Waals surface area contributed by atoms with Gasteiger partial charge in [0.2, 0.25) is 5.95 Å². The number of nitrogens with one attached hydrogen (secondary N) is 1. The first kappa shape index (κ1) is 35.7. The average Bonchev–Trinajstić information content (AvgIpc) is 3.39. The van der Waals surface area contributed by atoms with E-state index in [1.54, 1.807) is 22.3 Å². The van der Waals surface area contributed by atoms with Gasteiger partial charge in [-0.15, -0.1) is 11.5 Å². The van der Waals surface area contributed by atoms with Crippen LogP contribution < -0.4 is 24.8 Å². The number of ether oxygens (including phenoxy) is 2. The molecule has 1 aliphatic heterocycles. The minimum Gasteiger partial charge on any atom is -0.479 e. The normalized spacial score (nSPS) is 12.1. The molecule has 3 heterocycles. The third kappa shape index (κ3) is 8.02. The number of anilines is 1. The molecule has 5 rings (SSSR count). The molecule has 2 aromatic heterocycles. The van der Waals surface area contributed by atoms with Crippen LogP contribution >= 0.6 is 23.2 Å². The summed E-state index contributed by atoms with van der Waals surface area (Å²) in [5, 5.41) is 14.1. The van der Waals surface area contributed by atoms with Crippen LogP contribution in [0.25, 0.3) is 5.69 Å². The van der Waals surface area contributed by atoms with Gasteiger partial charge in [0.05, 0.1) is 28.4 Å². The first-order valence-electron chi connectivity index (χ1n) is 13.9. The van der Waals surface area contributed by atoms with Gasteiger partial charge in [0.1, 0.15) is 28.9 Å². The number of rotatable bonds is 8. The second kappa shape index (κ2) is 15.2. The largest absolute Gasteiger partial charge is 0.479 e. The first-order valence-corrected chi connectivity index (χ1v) is 16.1. The molecule has 4 aromatic rings. The van der Waals surface area contributed by atoms with E-state index in [0.29, 0.717) is 28.0 Å². The fraction of sp³-hybridized carbons (Fsp3) is 0.276. The minimum atomic E-state index is -4.44. The molecule has 19 heteroatoms. The lowest BCUT2D eigenvalue weighted by molar-refractivity contribution is 0.0692. The van der Waals surface area contributed by atoms with Gasteiger partial charge in [0, 0.05) is 26.1 Å². The Hall–Kier alpha value is -5.18. The highest BCUT2D eigenvalue weighted by molar-refractivity contribution is 7.90. The van der Waals surface area contributed by atoms with Gasteiger partial charge < -0.3 is 14.6 Å². The van der Waals surface area contributed by atoms with Crippen molar-refractivity contribution in [3.05, 3.63) is 74.1 Å². The number of aromatic carboxylic acids is 1. The van der Waals surface area contributed by atoms with Crippen LogP contribution in [0.5, 0.6) is 11.8 Å². The fourth-order valence-electron chi connectivity index (χ4n) is 4.36. The number of halogens is 2. The molecular formula is C29H28Cl2N8O8S. The molecular weight excluding hydrogens is 691 g/mol. The molecule has 0 fully saturated rings. The molecule has 0 saturated heterocycles. The molecule has 2 N–H and O–H groups in total. The van der Waals surface area contributed by atoms with E-state index in [1.807, 2.05) is 0 Å². The number of terminal acetylenes is 1. The van der Waals surface area contributed by atoms with E-state index in [1.165, 1.54) is 37.0 Å². The van der Waals surface area contributed by atoms with Crippen molar-refractivity contribution < 1.29 is 32.6 Å². The fourth-order valence-corrected chi connectivity index (χ4v) is 6.06. The highest BCUT2D eigenvalue weighted by Gasteiger charge is 2.27. The number of nitrogens with zero attached hydrogens (tertiary/aromatic N) is 7. The number of carbonyl (C=O) groups excluding carboxylic acids is 1. The summed E-state index contributed by atoms with van der Waals surface area (Å²) < 4.78 is 39.8. The Morgan fingerprint density at radius 3 is 2.54 bits per heavy atom. The van der Waals surface area contributed by atoms with Crippen LogP contribution in [-0.4, -0.2) is 75.6 Å². The highest BCUT2D eigenvalue weighted by Crippen LogP contribution is 2.32. The average molecular weight is 720 g/mol. The molecule has 0 spiro atoms. The smallest absolute Gasteiger partial charge is 0.350 e. The van der Waals surface area contributed by atoms with Gasteiger partial charge in [0.25, 0.3) is 10.0 Å². The number of aryl methyl sites for hydroxylation is 2. The van der Waals surface area contributed by atoms with Gasteiger partial charge in [-0.3, -0.25) is 9.47 Å². The van der Waals surface area contributed by atoms with Gasteiger partial charge in [-0.25, -0.2) is 27.5 Å². The van der Waals surface area contributed by atoms with Crippen molar-refractivity contribution in [2.75, 3.05) is 25.7 Å². The first-order chi connectivity index (χ1) is 22.8. The van der Waals surface area contributed by atoms with Crippen LogP contribution in [0.4, 0.5) is 10.7 Å². The number of urea groups is 1. The zero-order valence-electron chi connectivity index (χ0n) is 25.7. The number of amides is 2. The van der Waals surface area contributed by atoms with Crippen LogP contribution in [-0.2, 0) is 23.0 Å². The van der Waals surface area contributed by atoms with Crippen molar-refractivity contribution in [3.8, 4) is 29.8 Å². The van der Waals surface area contributed by atoms with E-state index >= 15 is 0 Å². The molecule has 0 saturated carbocycles. The Morgan fingerprint density at radius 2 is 1.88 bits per heavy atom. The zero-order valence-corrected chi connectivity index (χ0v) is 28.0. The lowest BCUT2D eigenvalue weighted by Gasteiger charge is -2.17. The molecule has 2 aromatic carbocycles. The van der Waals surface area contributed by atoms with Crippen molar-refractivity contribution in [3.63, 3.8) is 0 Å². The Bertz CT molecular complexity index is 2080. The lowest BCUT2D eigenvalue weighted by Crippen LogP contribution is -2.42. The van der Waals surface area contributed by atoms with Crippen LogP contribution in [0.2, 0.25) is 10.0 Å². The second-order valence-electron chi connectivity index (χ2n) is 9.89. The minimum absolute atomic E-state index is 0.0498. The molecule has 16 nitrogen and oxygen atoms in total. The Kier molecular flexibility index (Phi) is 11.3. The summed E-state index contributed by atoms with van der Waals surface area (Å²) >= 11 is 12.3. The van der Waals surface area contributed by atoms with Crippen molar-refractivity contribution in [2.45, 2.75) is 37.6 Å². The van der Waals surface area contributed by atoms with Gasteiger partial charge in [-0.1, -0.05) is 41.3 Å². The molecule has 48 heavy (non-hydrogen) atoms. The number of aromatic nitrogens is 6. The number of methoxy groups -OCH3 is 1. The lowest BCUT2D eigenvalue weighted by atomic mass is 10.2. The molecule has 0 aliphatic carbocycles. The highest BCUT2D eigenvalue weighted by atomic mass is 35.5. The van der Waals surface area contributed by atoms with E-state index in [2.05, 4.69) is 26.0 Å². The number of hydrogen-bond acceptors (Lipinski definition) is 11. The number of carboxylic acid groups (broad SMARTS) is 1. The molecule has 0 bridgehead atoms. The van der Waals surface area contributed by atoms with Gasteiger partial charge >= 0.3 is 23.7 Å². The number of benzene rings is 2. The standard InChI is InChI=1S/C15H13Cl2N3O2.C14H15N5O6S/c1-2-7-22-13-9-12(10(16)8-11(13)17)20-15(21)19-6-4-3-5-14(19)18-20;1-8-15-12(17-13(16-8)25-3)19(2)14(22)18-26(23,24)10-7-5-4-6-9(10)11(20)21/h1,8-9H,3-7H2;4-7H,1-3H3,(H,18,22)(H,20,21). The van der Waals surface area contributed by atoms with Gasteiger partial charge in [0.15, 0.2) is 0 Å². The third-order valence-corrected chi connectivity index (χ3v) is 8.62. The molecule has 0 radical (unpaired) electrons. The maximum Gasteiger partial charge on any atom is 0.350 e. The molecule has 252 valence electrons. The Balaban J connectivity index is 0.000000219. The molecule has 0 atom stereocenters. The Labute approximate surface area is 284 Å². The van der Waals surface area contributed by atoms with Crippen LogP contribution in [0.1, 0.15) is 34.8 Å². The maximum atomic E-state index is 12.5. The summed E-state index contributed by atoms with van der Waals surface area (Å²) in [6, 6.07) is 6.88. The van der Waals surface area contributed by atoms with Gasteiger partial charge in [-0.2, -0.15) is 19.6 Å². The van der Waals surface area contributed by atoms with E-state index in [4.69, 9.17) is 44.2 Å². The van der Waals surface area contributed by atoms with Crippen LogP contribution in [0, 0.1) is 19.3 Å². The van der Waals surface area contributed by atoms with E-state index in [0.717, 1.165) is 42.1 Å². The van der Waals surface area contributed by atoms with Crippen molar-refractivity contribution in [1.82, 2.24) is 34.0 Å². The van der Waals surface area contributed by atoms with E-state index in [-0.39, 0.29) is 30.1 Å². The Morgan fingerprint density at radius 1 is 1.15 bits per heavy atom. The summed E-state index contributed by atoms with van der Waals surface area (Å²) in [6.07, 6.45) is 7.97. The molecule has 1 aliphatic rings. The maximum absolute atomic E-state index is 12.5. The molecule has 0 unspecified atom stereocenters. The van der Waals surface area contributed by atoms with Crippen molar-refractivity contribution in [2.24, 2.45) is 0 Å². The van der Waals surface area contributed by atoms with Crippen LogP contribution in [0.3, 0.4) is 0 Å². The predicted octanol–water partition coefficient (Wildman–Crippen LogP) is 3.11. The number of fused-ring (bicyclic) bond motifs is 1.